The molecule has 0 atom stereocenters. The molecule has 3 aromatic heterocycles. The molecule has 140 valence electrons. The second kappa shape index (κ2) is 7.24. The average molecular weight is 412 g/mol. The predicted molar refractivity (Wildman–Crippen MR) is 104 cm³/mol. The molecule has 0 bridgehead atoms. The number of hydrogen-bond acceptors (Lipinski definition) is 6. The molecule has 3 rings (SSSR count). The van der Waals surface area contributed by atoms with E-state index in [0.29, 0.717) is 15.6 Å². The quantitative estimate of drug-likeness (QED) is 0.626. The summed E-state index contributed by atoms with van der Waals surface area (Å²) >= 11 is 2.77. The van der Waals surface area contributed by atoms with Gasteiger partial charge in [0.15, 0.2) is 5.03 Å². The standard InChI is InChI=1S/C17H21N3O3S3/c1-12(2)16-19-15(10-20(16)3)26(22,23)18-11-17(21,13-6-4-8-24-13)14-7-5-9-25-14/h4-10,12,18,21H,11H2,1-3H3. The minimum Gasteiger partial charge on any atom is -0.377 e. The Hall–Kier alpha value is -1.52. The third kappa shape index (κ3) is 3.63. The molecule has 3 heterocycles. The summed E-state index contributed by atoms with van der Waals surface area (Å²) in [5.41, 5.74) is -1.41. The first-order valence-corrected chi connectivity index (χ1v) is 11.3. The second-order valence-corrected chi connectivity index (χ2v) is 9.95. The van der Waals surface area contributed by atoms with E-state index in [-0.39, 0.29) is 17.5 Å². The third-order valence-corrected chi connectivity index (χ3v) is 7.37. The van der Waals surface area contributed by atoms with Gasteiger partial charge in [0.05, 0.1) is 0 Å². The van der Waals surface area contributed by atoms with E-state index < -0.39 is 15.6 Å². The van der Waals surface area contributed by atoms with Gasteiger partial charge in [-0.3, -0.25) is 0 Å². The van der Waals surface area contributed by atoms with Gasteiger partial charge in [0, 0.05) is 35.5 Å². The van der Waals surface area contributed by atoms with Crippen molar-refractivity contribution in [1.82, 2.24) is 14.3 Å². The van der Waals surface area contributed by atoms with Crippen molar-refractivity contribution in [3.63, 3.8) is 0 Å². The summed E-state index contributed by atoms with van der Waals surface area (Å²) in [4.78, 5) is 5.62. The Morgan fingerprint density at radius 1 is 1.23 bits per heavy atom. The fourth-order valence-electron chi connectivity index (χ4n) is 2.72. The molecule has 26 heavy (non-hydrogen) atoms. The van der Waals surface area contributed by atoms with Crippen LogP contribution in [0, 0.1) is 0 Å². The van der Waals surface area contributed by atoms with Crippen LogP contribution in [0.4, 0.5) is 0 Å². The number of thiophene rings is 2. The first-order chi connectivity index (χ1) is 12.2. The highest BCUT2D eigenvalue weighted by Gasteiger charge is 2.36. The van der Waals surface area contributed by atoms with Crippen LogP contribution in [0.1, 0.15) is 35.3 Å². The molecule has 0 fully saturated rings. The van der Waals surface area contributed by atoms with E-state index in [4.69, 9.17) is 0 Å². The molecular weight excluding hydrogens is 390 g/mol. The number of nitrogens with zero attached hydrogens (tertiary/aromatic N) is 2. The van der Waals surface area contributed by atoms with Crippen LogP contribution in [-0.2, 0) is 22.7 Å². The molecule has 2 N–H and O–H groups in total. The Balaban J connectivity index is 1.89. The highest BCUT2D eigenvalue weighted by atomic mass is 32.2. The summed E-state index contributed by atoms with van der Waals surface area (Å²) in [7, 11) is -2.07. The van der Waals surface area contributed by atoms with Gasteiger partial charge < -0.3 is 9.67 Å². The highest BCUT2D eigenvalue weighted by molar-refractivity contribution is 7.89. The second-order valence-electron chi connectivity index (χ2n) is 6.34. The van der Waals surface area contributed by atoms with Crippen molar-refractivity contribution in [2.24, 2.45) is 7.05 Å². The predicted octanol–water partition coefficient (Wildman–Crippen LogP) is 2.88. The maximum Gasteiger partial charge on any atom is 0.259 e. The van der Waals surface area contributed by atoms with E-state index in [1.54, 1.807) is 23.7 Å². The fraction of sp³-hybridized carbons (Fsp3) is 0.353. The molecule has 0 aliphatic carbocycles. The van der Waals surface area contributed by atoms with Crippen molar-refractivity contribution >= 4 is 32.7 Å². The van der Waals surface area contributed by atoms with E-state index in [0.717, 1.165) is 0 Å². The molecule has 6 nitrogen and oxygen atoms in total. The molecule has 3 aromatic rings. The van der Waals surface area contributed by atoms with E-state index in [1.165, 1.54) is 28.9 Å². The number of hydrogen-bond donors (Lipinski definition) is 2. The average Bonchev–Trinajstić information content (AvgIpc) is 3.32. The Bertz CT molecular complexity index is 924. The van der Waals surface area contributed by atoms with E-state index in [1.807, 2.05) is 36.7 Å². The molecule has 0 aromatic carbocycles. The zero-order valence-corrected chi connectivity index (χ0v) is 17.2. The number of aryl methyl sites for hydroxylation is 1. The number of aromatic nitrogens is 2. The number of rotatable bonds is 7. The van der Waals surface area contributed by atoms with Crippen molar-refractivity contribution in [1.29, 1.82) is 0 Å². The molecule has 0 aliphatic heterocycles. The van der Waals surface area contributed by atoms with Gasteiger partial charge in [-0.1, -0.05) is 26.0 Å². The van der Waals surface area contributed by atoms with Gasteiger partial charge in [-0.05, 0) is 22.9 Å². The summed E-state index contributed by atoms with van der Waals surface area (Å²) in [6.07, 6.45) is 1.49. The lowest BCUT2D eigenvalue weighted by Crippen LogP contribution is -2.40. The molecule has 0 radical (unpaired) electrons. The van der Waals surface area contributed by atoms with Gasteiger partial charge in [-0.2, -0.15) is 0 Å². The van der Waals surface area contributed by atoms with Crippen LogP contribution in [-0.4, -0.2) is 29.6 Å². The lowest BCUT2D eigenvalue weighted by atomic mass is 10.0. The van der Waals surface area contributed by atoms with Crippen molar-refractivity contribution in [2.45, 2.75) is 30.4 Å². The zero-order chi connectivity index (χ0) is 18.9. The topological polar surface area (TPSA) is 84.2 Å². The summed E-state index contributed by atoms with van der Waals surface area (Å²) in [5, 5.41) is 14.9. The first-order valence-electron chi connectivity index (χ1n) is 8.07. The number of imidazole rings is 1. The van der Waals surface area contributed by atoms with Crippen molar-refractivity contribution < 1.29 is 13.5 Å². The van der Waals surface area contributed by atoms with Crippen LogP contribution in [0.15, 0.2) is 46.2 Å². The molecule has 0 unspecified atom stereocenters. The van der Waals surface area contributed by atoms with Crippen LogP contribution in [0.2, 0.25) is 0 Å². The Kier molecular flexibility index (Phi) is 5.36. The number of sulfonamides is 1. The lowest BCUT2D eigenvalue weighted by molar-refractivity contribution is 0.0937. The third-order valence-electron chi connectivity index (χ3n) is 4.06. The van der Waals surface area contributed by atoms with Gasteiger partial charge in [0.25, 0.3) is 10.0 Å². The molecular formula is C17H21N3O3S3. The zero-order valence-electron chi connectivity index (χ0n) is 14.7. The van der Waals surface area contributed by atoms with Gasteiger partial charge in [-0.25, -0.2) is 18.1 Å². The van der Waals surface area contributed by atoms with Gasteiger partial charge >= 0.3 is 0 Å². The van der Waals surface area contributed by atoms with Crippen molar-refractivity contribution in [2.75, 3.05) is 6.54 Å². The van der Waals surface area contributed by atoms with E-state index in [9.17, 15) is 13.5 Å². The van der Waals surface area contributed by atoms with Crippen LogP contribution in [0.3, 0.4) is 0 Å². The minimum atomic E-state index is -3.84. The van der Waals surface area contributed by atoms with Gasteiger partial charge in [0.2, 0.25) is 0 Å². The van der Waals surface area contributed by atoms with E-state index in [2.05, 4.69) is 9.71 Å². The monoisotopic (exact) mass is 411 g/mol. The van der Waals surface area contributed by atoms with Crippen LogP contribution < -0.4 is 4.72 Å². The lowest BCUT2D eigenvalue weighted by Gasteiger charge is -2.26. The van der Waals surface area contributed by atoms with Crippen LogP contribution in [0.5, 0.6) is 0 Å². The maximum absolute atomic E-state index is 12.7. The van der Waals surface area contributed by atoms with Crippen molar-refractivity contribution in [3.8, 4) is 0 Å². The molecule has 0 aliphatic rings. The summed E-state index contributed by atoms with van der Waals surface area (Å²) in [5.74, 6) is 0.801. The summed E-state index contributed by atoms with van der Waals surface area (Å²) in [6.45, 7) is 3.75. The number of nitrogens with one attached hydrogen (secondary N) is 1. The molecule has 0 spiro atoms. The number of aliphatic hydroxyl groups is 1. The van der Waals surface area contributed by atoms with Gasteiger partial charge in [-0.15, -0.1) is 22.7 Å². The van der Waals surface area contributed by atoms with Crippen LogP contribution in [0.25, 0.3) is 0 Å². The Morgan fingerprint density at radius 2 is 1.81 bits per heavy atom. The summed E-state index contributed by atoms with van der Waals surface area (Å²) < 4.78 is 29.7. The van der Waals surface area contributed by atoms with Crippen LogP contribution >= 0.6 is 22.7 Å². The highest BCUT2D eigenvalue weighted by Crippen LogP contribution is 2.35. The smallest absolute Gasteiger partial charge is 0.259 e. The molecule has 0 amide bonds. The summed E-state index contributed by atoms with van der Waals surface area (Å²) in [6, 6.07) is 7.27. The molecule has 0 saturated carbocycles. The Morgan fingerprint density at radius 3 is 2.23 bits per heavy atom. The van der Waals surface area contributed by atoms with Crippen molar-refractivity contribution in [3.05, 3.63) is 56.8 Å². The molecule has 0 saturated heterocycles. The SMILES string of the molecule is CC(C)c1nc(S(=O)(=O)NCC(O)(c2cccs2)c2cccs2)cn1C. The minimum absolute atomic E-state index is 0.0385. The largest absolute Gasteiger partial charge is 0.377 e. The normalized spacial score (nSPS) is 12.8. The van der Waals surface area contributed by atoms with Gasteiger partial charge in [0.1, 0.15) is 11.4 Å². The Labute approximate surface area is 161 Å². The first kappa shape index (κ1) is 19.2. The van der Waals surface area contributed by atoms with E-state index >= 15 is 0 Å². The fourth-order valence-corrected chi connectivity index (χ4v) is 5.51. The maximum atomic E-state index is 12.7. The molecule has 9 heteroatoms.